The normalized spacial score (nSPS) is 23.9. The zero-order chi connectivity index (χ0) is 14.8. The molecule has 0 aliphatic heterocycles. The average molecular weight is 318 g/mol. The van der Waals surface area contributed by atoms with Gasteiger partial charge >= 0.3 is 0 Å². The Morgan fingerprint density at radius 3 is 2.75 bits per heavy atom. The van der Waals surface area contributed by atoms with E-state index >= 15 is 0 Å². The Kier molecular flexibility index (Phi) is 5.09. The SMILES string of the molecule is CCn1c(CN)nnc1SC1CCCC(S(C)(=O)=O)C1. The average Bonchev–Trinajstić information content (AvgIpc) is 2.80. The monoisotopic (exact) mass is 318 g/mol. The van der Waals surface area contributed by atoms with Crippen molar-refractivity contribution in [2.24, 2.45) is 5.73 Å². The van der Waals surface area contributed by atoms with E-state index in [4.69, 9.17) is 5.73 Å². The molecule has 2 N–H and O–H groups in total. The van der Waals surface area contributed by atoms with Gasteiger partial charge in [-0.3, -0.25) is 0 Å². The van der Waals surface area contributed by atoms with Crippen molar-refractivity contribution < 1.29 is 8.42 Å². The van der Waals surface area contributed by atoms with Crippen LogP contribution in [0.5, 0.6) is 0 Å². The first kappa shape index (κ1) is 15.8. The van der Waals surface area contributed by atoms with Crippen LogP contribution in [0.15, 0.2) is 5.16 Å². The molecule has 0 bridgehead atoms. The van der Waals surface area contributed by atoms with Crippen molar-refractivity contribution in [3.05, 3.63) is 5.82 Å². The van der Waals surface area contributed by atoms with Gasteiger partial charge in [-0.05, 0) is 26.2 Å². The maximum atomic E-state index is 11.7. The summed E-state index contributed by atoms with van der Waals surface area (Å²) in [6, 6.07) is 0. The lowest BCUT2D eigenvalue weighted by Crippen LogP contribution is -2.28. The van der Waals surface area contributed by atoms with E-state index in [9.17, 15) is 8.42 Å². The highest BCUT2D eigenvalue weighted by Gasteiger charge is 2.30. The molecule has 2 unspecified atom stereocenters. The van der Waals surface area contributed by atoms with Crippen LogP contribution in [-0.2, 0) is 22.9 Å². The molecule has 2 rings (SSSR count). The third-order valence-corrected chi connectivity index (χ3v) is 6.66. The van der Waals surface area contributed by atoms with Crippen molar-refractivity contribution >= 4 is 21.6 Å². The van der Waals surface area contributed by atoms with E-state index in [1.807, 2.05) is 11.5 Å². The summed E-state index contributed by atoms with van der Waals surface area (Å²) in [6.07, 6.45) is 4.82. The first-order valence-corrected chi connectivity index (χ1v) is 9.76. The van der Waals surface area contributed by atoms with E-state index in [1.165, 1.54) is 6.26 Å². The molecule has 20 heavy (non-hydrogen) atoms. The first-order valence-electron chi connectivity index (χ1n) is 6.93. The first-order chi connectivity index (χ1) is 9.45. The fourth-order valence-electron chi connectivity index (χ4n) is 2.62. The Labute approximate surface area is 124 Å². The highest BCUT2D eigenvalue weighted by molar-refractivity contribution is 7.99. The Morgan fingerprint density at radius 2 is 2.15 bits per heavy atom. The van der Waals surface area contributed by atoms with Gasteiger partial charge in [-0.2, -0.15) is 0 Å². The molecule has 1 aromatic rings. The Hall–Kier alpha value is -0.600. The van der Waals surface area contributed by atoms with Gasteiger partial charge in [0, 0.05) is 18.1 Å². The summed E-state index contributed by atoms with van der Waals surface area (Å²) < 4.78 is 25.4. The third kappa shape index (κ3) is 3.53. The van der Waals surface area contributed by atoms with Gasteiger partial charge in [0.1, 0.15) is 15.7 Å². The minimum atomic E-state index is -2.94. The predicted octanol–water partition coefficient (Wildman–Crippen LogP) is 1.20. The molecule has 0 spiro atoms. The van der Waals surface area contributed by atoms with E-state index in [2.05, 4.69) is 10.2 Å². The summed E-state index contributed by atoms with van der Waals surface area (Å²) in [5.41, 5.74) is 5.64. The fourth-order valence-corrected chi connectivity index (χ4v) is 5.28. The number of nitrogens with zero attached hydrogens (tertiary/aromatic N) is 3. The molecule has 1 aliphatic carbocycles. The summed E-state index contributed by atoms with van der Waals surface area (Å²) in [7, 11) is -2.94. The van der Waals surface area contributed by atoms with Crippen molar-refractivity contribution in [1.82, 2.24) is 14.8 Å². The smallest absolute Gasteiger partial charge is 0.191 e. The van der Waals surface area contributed by atoms with Crippen molar-refractivity contribution in [1.29, 1.82) is 0 Å². The molecule has 1 heterocycles. The van der Waals surface area contributed by atoms with E-state index in [-0.39, 0.29) is 5.25 Å². The summed E-state index contributed by atoms with van der Waals surface area (Å²) in [5, 5.41) is 9.21. The molecule has 1 aromatic heterocycles. The maximum Gasteiger partial charge on any atom is 0.191 e. The summed E-state index contributed by atoms with van der Waals surface area (Å²) in [4.78, 5) is 0. The Balaban J connectivity index is 2.08. The maximum absolute atomic E-state index is 11.7. The van der Waals surface area contributed by atoms with Crippen LogP contribution in [0.3, 0.4) is 0 Å². The number of sulfone groups is 1. The lowest BCUT2D eigenvalue weighted by atomic mass is 10.00. The lowest BCUT2D eigenvalue weighted by Gasteiger charge is -2.27. The van der Waals surface area contributed by atoms with Gasteiger partial charge in [0.15, 0.2) is 5.16 Å². The predicted molar refractivity (Wildman–Crippen MR) is 80.3 cm³/mol. The molecule has 1 fully saturated rings. The van der Waals surface area contributed by atoms with Crippen molar-refractivity contribution in [2.75, 3.05) is 6.26 Å². The third-order valence-electron chi connectivity index (χ3n) is 3.75. The highest BCUT2D eigenvalue weighted by atomic mass is 32.2. The fraction of sp³-hybridized carbons (Fsp3) is 0.833. The minimum absolute atomic E-state index is 0.208. The summed E-state index contributed by atoms with van der Waals surface area (Å²) in [5.74, 6) is 0.783. The largest absolute Gasteiger partial charge is 0.324 e. The van der Waals surface area contributed by atoms with E-state index in [0.717, 1.165) is 36.8 Å². The quantitative estimate of drug-likeness (QED) is 0.877. The van der Waals surface area contributed by atoms with E-state index in [0.29, 0.717) is 18.2 Å². The minimum Gasteiger partial charge on any atom is -0.324 e. The standard InChI is InChI=1S/C12H22N4O2S2/c1-3-16-11(8-13)14-15-12(16)19-9-5-4-6-10(7-9)20(2,17)18/h9-10H,3-8,13H2,1-2H3. The molecule has 1 aliphatic rings. The topological polar surface area (TPSA) is 90.9 Å². The Morgan fingerprint density at radius 1 is 1.40 bits per heavy atom. The number of hydrogen-bond donors (Lipinski definition) is 1. The molecule has 0 aromatic carbocycles. The van der Waals surface area contributed by atoms with Gasteiger partial charge in [0.2, 0.25) is 0 Å². The zero-order valence-electron chi connectivity index (χ0n) is 11.9. The summed E-state index contributed by atoms with van der Waals surface area (Å²) in [6.45, 7) is 3.19. The second-order valence-corrected chi connectivity index (χ2v) is 8.80. The molecule has 0 saturated heterocycles. The molecule has 114 valence electrons. The number of rotatable bonds is 5. The van der Waals surface area contributed by atoms with Gasteiger partial charge in [-0.25, -0.2) is 8.42 Å². The molecular weight excluding hydrogens is 296 g/mol. The molecule has 8 heteroatoms. The molecular formula is C12H22N4O2S2. The van der Waals surface area contributed by atoms with Gasteiger partial charge in [-0.15, -0.1) is 10.2 Å². The van der Waals surface area contributed by atoms with E-state index in [1.54, 1.807) is 11.8 Å². The van der Waals surface area contributed by atoms with Crippen LogP contribution in [-0.4, -0.2) is 39.9 Å². The van der Waals surface area contributed by atoms with Crippen molar-refractivity contribution in [3.8, 4) is 0 Å². The highest BCUT2D eigenvalue weighted by Crippen LogP contribution is 2.35. The van der Waals surface area contributed by atoms with Crippen LogP contribution in [0, 0.1) is 0 Å². The second-order valence-electron chi connectivity index (χ2n) is 5.21. The zero-order valence-corrected chi connectivity index (χ0v) is 13.6. The van der Waals surface area contributed by atoms with Crippen LogP contribution in [0.1, 0.15) is 38.4 Å². The molecule has 0 radical (unpaired) electrons. The number of thioether (sulfide) groups is 1. The van der Waals surface area contributed by atoms with E-state index < -0.39 is 9.84 Å². The summed E-state index contributed by atoms with van der Waals surface area (Å²) >= 11 is 1.64. The van der Waals surface area contributed by atoms with Gasteiger partial charge in [0.25, 0.3) is 0 Å². The van der Waals surface area contributed by atoms with Crippen LogP contribution in [0.4, 0.5) is 0 Å². The molecule has 0 amide bonds. The van der Waals surface area contributed by atoms with Crippen molar-refractivity contribution in [2.45, 2.75) is 61.4 Å². The second kappa shape index (κ2) is 6.44. The van der Waals surface area contributed by atoms with Crippen LogP contribution >= 0.6 is 11.8 Å². The number of hydrogen-bond acceptors (Lipinski definition) is 6. The van der Waals surface area contributed by atoms with Crippen LogP contribution < -0.4 is 5.73 Å². The lowest BCUT2D eigenvalue weighted by molar-refractivity contribution is 0.493. The molecule has 1 saturated carbocycles. The number of nitrogens with two attached hydrogens (primary N) is 1. The molecule has 6 nitrogen and oxygen atoms in total. The van der Waals surface area contributed by atoms with Gasteiger partial charge in [0.05, 0.1) is 11.8 Å². The van der Waals surface area contributed by atoms with Crippen LogP contribution in [0.25, 0.3) is 0 Å². The Bertz CT molecular complexity index is 556. The number of aromatic nitrogens is 3. The van der Waals surface area contributed by atoms with Crippen LogP contribution in [0.2, 0.25) is 0 Å². The van der Waals surface area contributed by atoms with Crippen molar-refractivity contribution in [3.63, 3.8) is 0 Å². The molecule has 2 atom stereocenters. The van der Waals surface area contributed by atoms with Gasteiger partial charge < -0.3 is 10.3 Å². The van der Waals surface area contributed by atoms with Gasteiger partial charge in [-0.1, -0.05) is 18.2 Å².